The SMILES string of the molecule is CNc1nc(Nc2ccc(C(=O)N3CCCCC3C(C)(C)C)cc2OC)ncc1Cl. The van der Waals surface area contributed by atoms with Crippen LogP contribution in [0.5, 0.6) is 5.75 Å². The molecule has 1 aliphatic rings. The summed E-state index contributed by atoms with van der Waals surface area (Å²) < 4.78 is 5.54. The second kappa shape index (κ2) is 9.08. The molecule has 30 heavy (non-hydrogen) atoms. The zero-order valence-corrected chi connectivity index (χ0v) is 19.0. The van der Waals surface area contributed by atoms with Crippen LogP contribution in [0.1, 0.15) is 50.4 Å². The van der Waals surface area contributed by atoms with E-state index in [-0.39, 0.29) is 17.4 Å². The van der Waals surface area contributed by atoms with Gasteiger partial charge in [0.25, 0.3) is 5.91 Å². The van der Waals surface area contributed by atoms with Gasteiger partial charge in [-0.2, -0.15) is 4.98 Å². The lowest BCUT2D eigenvalue weighted by Crippen LogP contribution is -2.50. The van der Waals surface area contributed by atoms with Crippen molar-refractivity contribution in [2.45, 2.75) is 46.1 Å². The first-order valence-electron chi connectivity index (χ1n) is 10.2. The Kier molecular flexibility index (Phi) is 6.71. The molecule has 2 N–H and O–H groups in total. The molecular weight excluding hydrogens is 402 g/mol. The molecule has 1 aliphatic heterocycles. The van der Waals surface area contributed by atoms with E-state index in [1.165, 1.54) is 6.20 Å². The van der Waals surface area contributed by atoms with Gasteiger partial charge in [0.1, 0.15) is 16.6 Å². The van der Waals surface area contributed by atoms with Crippen LogP contribution in [-0.4, -0.2) is 47.5 Å². The molecule has 1 amide bonds. The lowest BCUT2D eigenvalue weighted by molar-refractivity contribution is 0.0397. The lowest BCUT2D eigenvalue weighted by atomic mass is 9.80. The van der Waals surface area contributed by atoms with Crippen molar-refractivity contribution in [1.82, 2.24) is 14.9 Å². The van der Waals surface area contributed by atoms with Gasteiger partial charge in [0.05, 0.1) is 19.0 Å². The van der Waals surface area contributed by atoms with Crippen LogP contribution in [0.15, 0.2) is 24.4 Å². The molecule has 7 nitrogen and oxygen atoms in total. The van der Waals surface area contributed by atoms with Gasteiger partial charge in [-0.25, -0.2) is 4.98 Å². The third kappa shape index (κ3) is 4.78. The number of rotatable bonds is 5. The lowest BCUT2D eigenvalue weighted by Gasteiger charge is -2.43. The number of likely N-dealkylation sites (tertiary alicyclic amines) is 1. The van der Waals surface area contributed by atoms with Gasteiger partial charge in [-0.1, -0.05) is 32.4 Å². The highest BCUT2D eigenvalue weighted by Crippen LogP contribution is 2.34. The number of amides is 1. The molecule has 0 saturated carbocycles. The summed E-state index contributed by atoms with van der Waals surface area (Å²) in [5.41, 5.74) is 1.32. The Bertz CT molecular complexity index is 913. The number of hydrogen-bond donors (Lipinski definition) is 2. The van der Waals surface area contributed by atoms with Crippen molar-refractivity contribution in [1.29, 1.82) is 0 Å². The number of aromatic nitrogens is 2. The topological polar surface area (TPSA) is 79.4 Å². The molecule has 162 valence electrons. The molecule has 2 aromatic rings. The highest BCUT2D eigenvalue weighted by molar-refractivity contribution is 6.32. The fourth-order valence-corrected chi connectivity index (χ4v) is 4.08. The van der Waals surface area contributed by atoms with Crippen molar-refractivity contribution >= 4 is 35.0 Å². The Morgan fingerprint density at radius 2 is 2.07 bits per heavy atom. The van der Waals surface area contributed by atoms with E-state index in [4.69, 9.17) is 16.3 Å². The normalized spacial score (nSPS) is 16.9. The Labute approximate surface area is 183 Å². The van der Waals surface area contributed by atoms with Gasteiger partial charge >= 0.3 is 0 Å². The largest absolute Gasteiger partial charge is 0.495 e. The van der Waals surface area contributed by atoms with Crippen molar-refractivity contribution in [2.75, 3.05) is 31.3 Å². The van der Waals surface area contributed by atoms with Crippen LogP contribution in [0.25, 0.3) is 0 Å². The fourth-order valence-electron chi connectivity index (χ4n) is 3.89. The summed E-state index contributed by atoms with van der Waals surface area (Å²) in [6.45, 7) is 7.38. The second-order valence-electron chi connectivity index (χ2n) is 8.56. The molecule has 1 aromatic heterocycles. The summed E-state index contributed by atoms with van der Waals surface area (Å²) in [6.07, 6.45) is 4.76. The zero-order chi connectivity index (χ0) is 21.9. The predicted molar refractivity (Wildman–Crippen MR) is 121 cm³/mol. The highest BCUT2D eigenvalue weighted by atomic mass is 35.5. The van der Waals surface area contributed by atoms with Gasteiger partial charge in [-0.3, -0.25) is 4.79 Å². The predicted octanol–water partition coefficient (Wildman–Crippen LogP) is 4.96. The van der Waals surface area contributed by atoms with Crippen molar-refractivity contribution in [2.24, 2.45) is 5.41 Å². The molecule has 0 spiro atoms. The molecule has 1 atom stereocenters. The number of hydrogen-bond acceptors (Lipinski definition) is 6. The van der Waals surface area contributed by atoms with E-state index in [0.717, 1.165) is 25.8 Å². The van der Waals surface area contributed by atoms with Gasteiger partial charge in [-0.05, 0) is 42.9 Å². The van der Waals surface area contributed by atoms with E-state index in [0.29, 0.717) is 33.8 Å². The molecule has 1 saturated heterocycles. The van der Waals surface area contributed by atoms with Gasteiger partial charge in [0.2, 0.25) is 5.95 Å². The highest BCUT2D eigenvalue weighted by Gasteiger charge is 2.35. The quantitative estimate of drug-likeness (QED) is 0.696. The van der Waals surface area contributed by atoms with Crippen molar-refractivity contribution in [3.8, 4) is 5.75 Å². The van der Waals surface area contributed by atoms with E-state index in [2.05, 4.69) is 41.4 Å². The molecule has 8 heteroatoms. The zero-order valence-electron chi connectivity index (χ0n) is 18.3. The van der Waals surface area contributed by atoms with Crippen LogP contribution in [-0.2, 0) is 0 Å². The van der Waals surface area contributed by atoms with Gasteiger partial charge in [-0.15, -0.1) is 0 Å². The van der Waals surface area contributed by atoms with Crippen LogP contribution < -0.4 is 15.4 Å². The van der Waals surface area contributed by atoms with Gasteiger partial charge < -0.3 is 20.3 Å². The summed E-state index contributed by atoms with van der Waals surface area (Å²) in [5.74, 6) is 1.50. The molecule has 1 unspecified atom stereocenters. The number of carbonyl (C=O) groups is 1. The Morgan fingerprint density at radius 3 is 2.73 bits per heavy atom. The number of methoxy groups -OCH3 is 1. The molecule has 0 bridgehead atoms. The first-order valence-corrected chi connectivity index (χ1v) is 10.6. The van der Waals surface area contributed by atoms with Crippen LogP contribution >= 0.6 is 11.6 Å². The van der Waals surface area contributed by atoms with Crippen LogP contribution in [0, 0.1) is 5.41 Å². The smallest absolute Gasteiger partial charge is 0.254 e. The Morgan fingerprint density at radius 1 is 1.30 bits per heavy atom. The molecule has 0 radical (unpaired) electrons. The van der Waals surface area contributed by atoms with E-state index in [1.54, 1.807) is 20.2 Å². The number of benzene rings is 1. The first-order chi connectivity index (χ1) is 14.2. The maximum absolute atomic E-state index is 13.3. The summed E-state index contributed by atoms with van der Waals surface area (Å²) in [4.78, 5) is 23.9. The summed E-state index contributed by atoms with van der Waals surface area (Å²) >= 11 is 6.05. The summed E-state index contributed by atoms with van der Waals surface area (Å²) in [5, 5.41) is 6.49. The van der Waals surface area contributed by atoms with Crippen LogP contribution in [0.4, 0.5) is 17.5 Å². The average molecular weight is 432 g/mol. The molecule has 1 fully saturated rings. The second-order valence-corrected chi connectivity index (χ2v) is 8.96. The molecule has 0 aliphatic carbocycles. The minimum Gasteiger partial charge on any atom is -0.495 e. The first kappa shape index (κ1) is 22.2. The monoisotopic (exact) mass is 431 g/mol. The van der Waals surface area contributed by atoms with E-state index in [9.17, 15) is 4.79 Å². The molecule has 1 aromatic carbocycles. The Hall–Kier alpha value is -2.54. The number of anilines is 3. The van der Waals surface area contributed by atoms with Crippen LogP contribution in [0.2, 0.25) is 5.02 Å². The maximum Gasteiger partial charge on any atom is 0.254 e. The van der Waals surface area contributed by atoms with Gasteiger partial charge in [0, 0.05) is 25.2 Å². The molecule has 2 heterocycles. The summed E-state index contributed by atoms with van der Waals surface area (Å²) in [6, 6.07) is 5.63. The van der Waals surface area contributed by atoms with Crippen molar-refractivity contribution in [3.05, 3.63) is 35.0 Å². The van der Waals surface area contributed by atoms with E-state index < -0.39 is 0 Å². The third-order valence-corrected chi connectivity index (χ3v) is 5.72. The Balaban J connectivity index is 1.85. The third-order valence-electron chi connectivity index (χ3n) is 5.44. The number of halogens is 1. The van der Waals surface area contributed by atoms with Gasteiger partial charge in [0.15, 0.2) is 0 Å². The standard InChI is InChI=1S/C22H30ClN5O2/c1-22(2,3)18-8-6-7-11-28(18)20(29)14-9-10-16(17(12-14)30-5)26-21-25-13-15(23)19(24-4)27-21/h9-10,12-13,18H,6-8,11H2,1-5H3,(H2,24,25,26,27). The molecular formula is C22H30ClN5O2. The van der Waals surface area contributed by atoms with Crippen molar-refractivity contribution in [3.63, 3.8) is 0 Å². The minimum absolute atomic E-state index is 0.0403. The minimum atomic E-state index is 0.0403. The summed E-state index contributed by atoms with van der Waals surface area (Å²) in [7, 11) is 3.32. The maximum atomic E-state index is 13.3. The van der Waals surface area contributed by atoms with Crippen LogP contribution in [0.3, 0.4) is 0 Å². The van der Waals surface area contributed by atoms with Crippen molar-refractivity contribution < 1.29 is 9.53 Å². The number of piperidine rings is 1. The fraction of sp³-hybridized carbons (Fsp3) is 0.500. The average Bonchev–Trinajstić information content (AvgIpc) is 2.74. The number of carbonyl (C=O) groups excluding carboxylic acids is 1. The molecule has 3 rings (SSSR count). The van der Waals surface area contributed by atoms with E-state index >= 15 is 0 Å². The van der Waals surface area contributed by atoms with E-state index in [1.807, 2.05) is 17.0 Å². The number of ether oxygens (including phenoxy) is 1. The number of nitrogens with one attached hydrogen (secondary N) is 2. The number of nitrogens with zero attached hydrogens (tertiary/aromatic N) is 3.